The molecule has 0 aliphatic carbocycles. The highest BCUT2D eigenvalue weighted by Gasteiger charge is 2.20. The molecular weight excluding hydrogens is 259 g/mol. The molecule has 1 N–H and O–H groups in total. The first-order valence-corrected chi connectivity index (χ1v) is 6.85. The van der Waals surface area contributed by atoms with Crippen LogP contribution in [-0.2, 0) is 11.3 Å². The van der Waals surface area contributed by atoms with Crippen molar-refractivity contribution in [2.24, 2.45) is 0 Å². The van der Waals surface area contributed by atoms with Gasteiger partial charge < -0.3 is 9.84 Å². The second kappa shape index (κ2) is 5.73. The third-order valence-corrected chi connectivity index (χ3v) is 3.54. The molecule has 1 aliphatic heterocycles. The third-order valence-electron chi connectivity index (χ3n) is 3.54. The molecule has 2 aromatic rings. The zero-order chi connectivity index (χ0) is 13.9. The van der Waals surface area contributed by atoms with E-state index in [1.807, 2.05) is 6.07 Å². The van der Waals surface area contributed by atoms with Crippen molar-refractivity contribution in [3.05, 3.63) is 41.8 Å². The van der Waals surface area contributed by atoms with Crippen LogP contribution in [0.15, 0.2) is 30.3 Å². The molecule has 0 bridgehead atoms. The molecule has 4 nitrogen and oxygen atoms in total. The Morgan fingerprint density at radius 2 is 2.10 bits per heavy atom. The number of nitrogens with zero attached hydrogens (tertiary/aromatic N) is 2. The second-order valence-corrected chi connectivity index (χ2v) is 4.95. The summed E-state index contributed by atoms with van der Waals surface area (Å²) in [5.74, 6) is -0.272. The van der Waals surface area contributed by atoms with Gasteiger partial charge >= 0.3 is 0 Å². The quantitative estimate of drug-likeness (QED) is 0.937. The van der Waals surface area contributed by atoms with Gasteiger partial charge in [0.1, 0.15) is 5.82 Å². The van der Waals surface area contributed by atoms with Crippen LogP contribution in [0.25, 0.3) is 11.3 Å². The Bertz CT molecular complexity index is 574. The fraction of sp³-hybridized carbons (Fsp3) is 0.400. The van der Waals surface area contributed by atoms with Gasteiger partial charge in [-0.15, -0.1) is 0 Å². The number of hydrogen-bond donors (Lipinski definition) is 1. The number of halogens is 1. The molecule has 1 saturated heterocycles. The van der Waals surface area contributed by atoms with Crippen LogP contribution in [0.5, 0.6) is 0 Å². The van der Waals surface area contributed by atoms with E-state index in [1.165, 1.54) is 12.1 Å². The molecule has 0 amide bonds. The lowest BCUT2D eigenvalue weighted by atomic mass is 10.1. The maximum Gasteiger partial charge on any atom is 0.150 e. The van der Waals surface area contributed by atoms with Crippen LogP contribution in [0.2, 0.25) is 0 Å². The molecular formula is C15H17FN2O2. The average Bonchev–Trinajstić information content (AvgIpc) is 2.93. The van der Waals surface area contributed by atoms with Gasteiger partial charge in [0, 0.05) is 12.2 Å². The molecule has 0 radical (unpaired) electrons. The Kier molecular flexibility index (Phi) is 3.80. The van der Waals surface area contributed by atoms with E-state index in [9.17, 15) is 9.50 Å². The highest BCUT2D eigenvalue weighted by molar-refractivity contribution is 5.59. The van der Waals surface area contributed by atoms with E-state index in [1.54, 1.807) is 16.8 Å². The summed E-state index contributed by atoms with van der Waals surface area (Å²) < 4.78 is 20.4. The van der Waals surface area contributed by atoms with Crippen LogP contribution >= 0.6 is 0 Å². The van der Waals surface area contributed by atoms with Gasteiger partial charge in [-0.3, -0.25) is 0 Å². The van der Waals surface area contributed by atoms with Crippen molar-refractivity contribution >= 4 is 0 Å². The number of aliphatic hydroxyl groups excluding tert-OH is 1. The first-order chi connectivity index (χ1) is 9.78. The second-order valence-electron chi connectivity index (χ2n) is 4.95. The number of ether oxygens (including phenoxy) is 1. The summed E-state index contributed by atoms with van der Waals surface area (Å²) in [5, 5.41) is 14.0. The summed E-state index contributed by atoms with van der Waals surface area (Å²) in [5.41, 5.74) is 2.27. The highest BCUT2D eigenvalue weighted by Crippen LogP contribution is 2.27. The van der Waals surface area contributed by atoms with E-state index >= 15 is 0 Å². The number of aromatic nitrogens is 2. The van der Waals surface area contributed by atoms with Gasteiger partial charge in [0.05, 0.1) is 18.0 Å². The first kappa shape index (κ1) is 13.3. The fourth-order valence-electron chi connectivity index (χ4n) is 2.48. The van der Waals surface area contributed by atoms with Gasteiger partial charge in [-0.25, -0.2) is 9.07 Å². The molecule has 106 valence electrons. The minimum Gasteiger partial charge on any atom is -0.390 e. The van der Waals surface area contributed by atoms with Crippen LogP contribution in [0.3, 0.4) is 0 Å². The van der Waals surface area contributed by atoms with Crippen LogP contribution in [0.1, 0.15) is 31.2 Å². The van der Waals surface area contributed by atoms with Crippen molar-refractivity contribution in [1.82, 2.24) is 9.78 Å². The van der Waals surface area contributed by atoms with E-state index in [0.717, 1.165) is 42.8 Å². The first-order valence-electron chi connectivity index (χ1n) is 6.85. The van der Waals surface area contributed by atoms with Gasteiger partial charge in [0.15, 0.2) is 6.23 Å². The molecule has 5 heteroatoms. The van der Waals surface area contributed by atoms with Crippen molar-refractivity contribution < 1.29 is 14.2 Å². The summed E-state index contributed by atoms with van der Waals surface area (Å²) in [7, 11) is 0. The molecule has 3 rings (SSSR count). The molecule has 1 aromatic carbocycles. The Balaban J connectivity index is 1.93. The molecule has 0 saturated carbocycles. The normalized spacial score (nSPS) is 19.2. The largest absolute Gasteiger partial charge is 0.390 e. The fourth-order valence-corrected chi connectivity index (χ4v) is 2.48. The predicted octanol–water partition coefficient (Wildman–Crippen LogP) is 2.88. The van der Waals surface area contributed by atoms with Crippen molar-refractivity contribution in [1.29, 1.82) is 0 Å². The van der Waals surface area contributed by atoms with Gasteiger partial charge in [-0.1, -0.05) is 0 Å². The summed E-state index contributed by atoms with van der Waals surface area (Å²) in [4.78, 5) is 0. The topological polar surface area (TPSA) is 47.3 Å². The van der Waals surface area contributed by atoms with Crippen molar-refractivity contribution in [3.8, 4) is 11.3 Å². The Morgan fingerprint density at radius 1 is 1.30 bits per heavy atom. The van der Waals surface area contributed by atoms with E-state index in [4.69, 9.17) is 4.74 Å². The number of hydrogen-bond acceptors (Lipinski definition) is 3. The number of benzene rings is 1. The minimum absolute atomic E-state index is 0.0892. The number of aliphatic hydroxyl groups is 1. The summed E-state index contributed by atoms with van der Waals surface area (Å²) in [6, 6.07) is 8.01. The maximum absolute atomic E-state index is 13.0. The highest BCUT2D eigenvalue weighted by atomic mass is 19.1. The summed E-state index contributed by atoms with van der Waals surface area (Å²) in [6.07, 6.45) is 2.95. The lowest BCUT2D eigenvalue weighted by molar-refractivity contribution is -0.0425. The molecule has 0 spiro atoms. The maximum atomic E-state index is 13.0. The van der Waals surface area contributed by atoms with E-state index in [0.29, 0.717) is 0 Å². The SMILES string of the molecule is OCc1cc(-c2ccc(F)cc2)nn1C1CCCCO1. The standard InChI is InChI=1S/C15H17FN2O2/c16-12-6-4-11(5-7-12)14-9-13(10-19)18(17-14)15-3-1-2-8-20-15/h4-7,9,15,19H,1-3,8,10H2. The van der Waals surface area contributed by atoms with E-state index < -0.39 is 0 Å². The predicted molar refractivity (Wildman–Crippen MR) is 72.4 cm³/mol. The lowest BCUT2D eigenvalue weighted by Crippen LogP contribution is -2.21. The smallest absolute Gasteiger partial charge is 0.150 e. The molecule has 1 aromatic heterocycles. The van der Waals surface area contributed by atoms with Crippen molar-refractivity contribution in [2.45, 2.75) is 32.1 Å². The van der Waals surface area contributed by atoms with Crippen LogP contribution in [-0.4, -0.2) is 21.5 Å². The zero-order valence-electron chi connectivity index (χ0n) is 11.1. The zero-order valence-corrected chi connectivity index (χ0v) is 11.1. The van der Waals surface area contributed by atoms with Gasteiger partial charge in [-0.2, -0.15) is 5.10 Å². The lowest BCUT2D eigenvalue weighted by Gasteiger charge is -2.24. The van der Waals surface area contributed by atoms with Crippen molar-refractivity contribution in [2.75, 3.05) is 6.61 Å². The summed E-state index contributed by atoms with van der Waals surface area (Å²) in [6.45, 7) is 0.634. The molecule has 1 unspecified atom stereocenters. The van der Waals surface area contributed by atoms with Crippen molar-refractivity contribution in [3.63, 3.8) is 0 Å². The Labute approximate surface area is 116 Å². The Hall–Kier alpha value is -1.72. The van der Waals surface area contributed by atoms with Gasteiger partial charge in [0.25, 0.3) is 0 Å². The van der Waals surface area contributed by atoms with Crippen LogP contribution in [0, 0.1) is 5.82 Å². The van der Waals surface area contributed by atoms with Crippen LogP contribution in [0.4, 0.5) is 4.39 Å². The Morgan fingerprint density at radius 3 is 2.75 bits per heavy atom. The summed E-state index contributed by atoms with van der Waals surface area (Å²) >= 11 is 0. The minimum atomic E-state index is -0.272. The van der Waals surface area contributed by atoms with E-state index in [2.05, 4.69) is 5.10 Å². The molecule has 1 aliphatic rings. The van der Waals surface area contributed by atoms with Crippen LogP contribution < -0.4 is 0 Å². The monoisotopic (exact) mass is 276 g/mol. The molecule has 1 fully saturated rings. The van der Waals surface area contributed by atoms with Gasteiger partial charge in [-0.05, 0) is 49.6 Å². The molecule has 2 heterocycles. The molecule has 1 atom stereocenters. The molecule has 20 heavy (non-hydrogen) atoms. The number of rotatable bonds is 3. The van der Waals surface area contributed by atoms with E-state index in [-0.39, 0.29) is 18.7 Å². The third kappa shape index (κ3) is 2.59. The van der Waals surface area contributed by atoms with Gasteiger partial charge in [0.2, 0.25) is 0 Å². The average molecular weight is 276 g/mol.